The van der Waals surface area contributed by atoms with Crippen LogP contribution in [-0.2, 0) is 11.3 Å². The summed E-state index contributed by atoms with van der Waals surface area (Å²) in [4.78, 5) is 34.0. The van der Waals surface area contributed by atoms with Crippen LogP contribution in [0.25, 0.3) is 16.7 Å². The number of amides is 1. The molecule has 176 valence electrons. The Morgan fingerprint density at radius 1 is 1.24 bits per heavy atom. The molecule has 0 bridgehead atoms. The van der Waals surface area contributed by atoms with Gasteiger partial charge in [0, 0.05) is 19.6 Å². The molecule has 34 heavy (non-hydrogen) atoms. The summed E-state index contributed by atoms with van der Waals surface area (Å²) in [5, 5.41) is 15.7. The van der Waals surface area contributed by atoms with Crippen LogP contribution < -0.4 is 5.56 Å². The highest BCUT2D eigenvalue weighted by molar-refractivity contribution is 5.83. The lowest BCUT2D eigenvalue weighted by atomic mass is 9.90. The third kappa shape index (κ3) is 3.97. The van der Waals surface area contributed by atoms with Crippen molar-refractivity contribution in [2.75, 3.05) is 26.2 Å². The van der Waals surface area contributed by atoms with Gasteiger partial charge in [0.1, 0.15) is 17.5 Å². The molecule has 0 unspecified atom stereocenters. The third-order valence-corrected chi connectivity index (χ3v) is 6.81. The summed E-state index contributed by atoms with van der Waals surface area (Å²) in [6.45, 7) is 2.20. The third-order valence-electron chi connectivity index (χ3n) is 6.81. The zero-order valence-corrected chi connectivity index (χ0v) is 18.6. The smallest absolute Gasteiger partial charge is 0.264 e. The van der Waals surface area contributed by atoms with E-state index >= 15 is 0 Å². The van der Waals surface area contributed by atoms with Gasteiger partial charge in [0.2, 0.25) is 5.91 Å². The van der Waals surface area contributed by atoms with E-state index in [-0.39, 0.29) is 29.9 Å². The number of aromatic nitrogens is 4. The molecule has 5 rings (SSSR count). The summed E-state index contributed by atoms with van der Waals surface area (Å²) in [7, 11) is 0. The van der Waals surface area contributed by atoms with Crippen molar-refractivity contribution in [2.24, 2.45) is 0 Å². The lowest BCUT2D eigenvalue weighted by Gasteiger charge is -2.44. The van der Waals surface area contributed by atoms with Crippen LogP contribution in [-0.4, -0.2) is 78.0 Å². The molecule has 0 radical (unpaired) electrons. The fourth-order valence-electron chi connectivity index (χ4n) is 4.69. The van der Waals surface area contributed by atoms with Crippen LogP contribution in [0.3, 0.4) is 0 Å². The SMILES string of the molecule is C#CCN1CC[C@H]1C(=O)N1CCC(O)(Cn2cnc3c(cnn3-c3ccc(F)cc3)c2=O)CC1. The number of halogens is 1. The van der Waals surface area contributed by atoms with Crippen molar-refractivity contribution in [3.8, 4) is 18.0 Å². The molecule has 9 nitrogen and oxygen atoms in total. The van der Waals surface area contributed by atoms with Crippen molar-refractivity contribution in [3.05, 3.63) is 53.0 Å². The van der Waals surface area contributed by atoms with Gasteiger partial charge in [0.25, 0.3) is 5.56 Å². The van der Waals surface area contributed by atoms with E-state index in [1.165, 1.54) is 33.9 Å². The van der Waals surface area contributed by atoms with Gasteiger partial charge in [-0.3, -0.25) is 19.1 Å². The van der Waals surface area contributed by atoms with E-state index in [0.717, 1.165) is 13.0 Å². The van der Waals surface area contributed by atoms with E-state index in [9.17, 15) is 19.1 Å². The fourth-order valence-corrected chi connectivity index (χ4v) is 4.69. The first kappa shape index (κ1) is 22.3. The number of hydrogen-bond acceptors (Lipinski definition) is 6. The Morgan fingerprint density at radius 3 is 2.62 bits per heavy atom. The Bertz CT molecular complexity index is 1320. The first-order chi connectivity index (χ1) is 16.4. The maximum atomic E-state index is 13.2. The molecule has 2 saturated heterocycles. The van der Waals surface area contributed by atoms with Crippen LogP contribution in [0.15, 0.2) is 41.6 Å². The quantitative estimate of drug-likeness (QED) is 0.561. The maximum absolute atomic E-state index is 13.2. The molecule has 1 atom stereocenters. The number of terminal acetylenes is 1. The lowest BCUT2D eigenvalue weighted by molar-refractivity contribution is -0.145. The van der Waals surface area contributed by atoms with Crippen molar-refractivity contribution in [3.63, 3.8) is 0 Å². The Morgan fingerprint density at radius 2 is 1.97 bits per heavy atom. The van der Waals surface area contributed by atoms with E-state index in [2.05, 4.69) is 16.0 Å². The highest BCUT2D eigenvalue weighted by Gasteiger charge is 2.40. The highest BCUT2D eigenvalue weighted by atomic mass is 19.1. The molecule has 4 heterocycles. The number of carbonyl (C=O) groups is 1. The van der Waals surface area contributed by atoms with Crippen LogP contribution in [0.5, 0.6) is 0 Å². The van der Waals surface area contributed by atoms with Crippen molar-refractivity contribution in [2.45, 2.75) is 37.5 Å². The van der Waals surface area contributed by atoms with Crippen LogP contribution in [0.2, 0.25) is 0 Å². The maximum Gasteiger partial charge on any atom is 0.264 e. The Kier molecular flexibility index (Phi) is 5.67. The molecule has 2 aromatic heterocycles. The number of benzene rings is 1. The topological polar surface area (TPSA) is 96.5 Å². The minimum atomic E-state index is -1.12. The number of piperidine rings is 1. The van der Waals surface area contributed by atoms with Gasteiger partial charge in [-0.05, 0) is 43.5 Å². The summed E-state index contributed by atoms with van der Waals surface area (Å²) in [5.74, 6) is 2.27. The molecular weight excluding hydrogens is 439 g/mol. The second-order valence-electron chi connectivity index (χ2n) is 8.98. The largest absolute Gasteiger partial charge is 0.388 e. The van der Waals surface area contributed by atoms with Gasteiger partial charge in [0.15, 0.2) is 5.65 Å². The zero-order valence-electron chi connectivity index (χ0n) is 18.6. The average Bonchev–Trinajstić information content (AvgIpc) is 3.24. The zero-order chi connectivity index (χ0) is 23.9. The van der Waals surface area contributed by atoms with Crippen LogP contribution >= 0.6 is 0 Å². The van der Waals surface area contributed by atoms with E-state index < -0.39 is 5.60 Å². The second kappa shape index (κ2) is 8.66. The van der Waals surface area contributed by atoms with Crippen LogP contribution in [0.4, 0.5) is 4.39 Å². The Hall–Kier alpha value is -3.55. The van der Waals surface area contributed by atoms with E-state index in [1.807, 2.05) is 4.90 Å². The monoisotopic (exact) mass is 464 g/mol. The van der Waals surface area contributed by atoms with Gasteiger partial charge in [0.05, 0.1) is 36.6 Å². The summed E-state index contributed by atoms with van der Waals surface area (Å²) in [6, 6.07) is 5.57. The lowest BCUT2D eigenvalue weighted by Crippen LogP contribution is -2.59. The number of aliphatic hydroxyl groups is 1. The molecule has 0 aliphatic carbocycles. The molecule has 0 spiro atoms. The van der Waals surface area contributed by atoms with Gasteiger partial charge in [-0.2, -0.15) is 5.10 Å². The van der Waals surface area contributed by atoms with Gasteiger partial charge >= 0.3 is 0 Å². The molecule has 2 aliphatic rings. The molecule has 1 amide bonds. The van der Waals surface area contributed by atoms with Crippen LogP contribution in [0, 0.1) is 18.2 Å². The molecule has 2 aliphatic heterocycles. The molecule has 1 N–H and O–H groups in total. The van der Waals surface area contributed by atoms with Crippen molar-refractivity contribution in [1.29, 1.82) is 0 Å². The van der Waals surface area contributed by atoms with Crippen LogP contribution in [0.1, 0.15) is 19.3 Å². The van der Waals surface area contributed by atoms with Gasteiger partial charge in [-0.1, -0.05) is 5.92 Å². The van der Waals surface area contributed by atoms with E-state index in [1.54, 1.807) is 17.0 Å². The van der Waals surface area contributed by atoms with Gasteiger partial charge in [-0.15, -0.1) is 6.42 Å². The van der Waals surface area contributed by atoms with Gasteiger partial charge < -0.3 is 10.0 Å². The minimum absolute atomic E-state index is 0.0528. The number of carbonyl (C=O) groups excluding carboxylic acids is 1. The number of hydrogen-bond donors (Lipinski definition) is 1. The fraction of sp³-hybridized carbons (Fsp3) is 0.417. The first-order valence-electron chi connectivity index (χ1n) is 11.3. The van der Waals surface area contributed by atoms with Gasteiger partial charge in [-0.25, -0.2) is 14.1 Å². The first-order valence-corrected chi connectivity index (χ1v) is 11.3. The summed E-state index contributed by atoms with van der Waals surface area (Å²) >= 11 is 0. The summed E-state index contributed by atoms with van der Waals surface area (Å²) in [5.41, 5.74) is -0.493. The summed E-state index contributed by atoms with van der Waals surface area (Å²) < 4.78 is 16.1. The standard InChI is InChI=1S/C24H25FN6O3/c1-2-10-28-11-7-20(28)23(33)29-12-8-24(34,9-13-29)15-30-16-26-21-19(22(30)32)14-27-31(21)18-5-3-17(25)4-6-18/h1,3-6,14,16,20,34H,7-13,15H2/t20-/m0/s1. The van der Waals surface area contributed by atoms with Crippen molar-refractivity contribution in [1.82, 2.24) is 29.1 Å². The molecular formula is C24H25FN6O3. The highest BCUT2D eigenvalue weighted by Crippen LogP contribution is 2.27. The number of fused-ring (bicyclic) bond motifs is 1. The molecule has 10 heteroatoms. The van der Waals surface area contributed by atoms with E-state index in [0.29, 0.717) is 49.2 Å². The predicted octanol–water partition coefficient (Wildman–Crippen LogP) is 0.782. The van der Waals surface area contributed by atoms with Crippen molar-refractivity contribution < 1.29 is 14.3 Å². The van der Waals surface area contributed by atoms with E-state index in [4.69, 9.17) is 6.42 Å². The predicted molar refractivity (Wildman–Crippen MR) is 123 cm³/mol. The number of rotatable bonds is 5. The number of likely N-dealkylation sites (tertiary alicyclic amines) is 2. The summed E-state index contributed by atoms with van der Waals surface area (Å²) in [6.07, 6.45) is 9.72. The Balaban J connectivity index is 1.29. The normalized spacial score (nSPS) is 20.1. The Labute approximate surface area is 195 Å². The molecule has 3 aromatic rings. The second-order valence-corrected chi connectivity index (χ2v) is 8.98. The molecule has 1 aromatic carbocycles. The molecule has 0 saturated carbocycles. The average molecular weight is 465 g/mol. The van der Waals surface area contributed by atoms with Crippen molar-refractivity contribution >= 4 is 16.9 Å². The number of nitrogens with zero attached hydrogens (tertiary/aromatic N) is 6. The minimum Gasteiger partial charge on any atom is -0.388 e. The molecule has 2 fully saturated rings.